The molecule has 22 heavy (non-hydrogen) atoms. The summed E-state index contributed by atoms with van der Waals surface area (Å²) in [6.07, 6.45) is 2.62. The van der Waals surface area contributed by atoms with Gasteiger partial charge >= 0.3 is 0 Å². The molecule has 0 saturated carbocycles. The number of aryl methyl sites for hydroxylation is 2. The van der Waals surface area contributed by atoms with Crippen molar-refractivity contribution in [2.24, 2.45) is 0 Å². The van der Waals surface area contributed by atoms with Crippen LogP contribution in [-0.4, -0.2) is 25.9 Å². The van der Waals surface area contributed by atoms with Gasteiger partial charge in [0, 0.05) is 12.4 Å². The molecule has 6 nitrogen and oxygen atoms in total. The van der Waals surface area contributed by atoms with Crippen LogP contribution in [0.25, 0.3) is 0 Å². The predicted molar refractivity (Wildman–Crippen MR) is 79.7 cm³/mol. The lowest BCUT2D eigenvalue weighted by Crippen LogP contribution is -2.41. The molecule has 1 heterocycles. The maximum absolute atomic E-state index is 12.7. The first-order valence-corrected chi connectivity index (χ1v) is 7.95. The van der Waals surface area contributed by atoms with Crippen LogP contribution in [0.1, 0.15) is 11.1 Å². The number of aliphatic carboxylic acids is 1. The van der Waals surface area contributed by atoms with Gasteiger partial charge in [-0.05, 0) is 49.2 Å². The zero-order chi connectivity index (χ0) is 16.3. The molecule has 2 aromatic rings. The number of aromatic nitrogens is 1. The first-order valence-electron chi connectivity index (χ1n) is 6.51. The quantitative estimate of drug-likeness (QED) is 0.807. The number of carboxylic acids is 1. The Bertz CT molecular complexity index is 768. The fourth-order valence-corrected chi connectivity index (χ4v) is 3.51. The summed E-state index contributed by atoms with van der Waals surface area (Å²) in [6.45, 7) is 2.86. The Hall–Kier alpha value is -2.41. The molecule has 0 aliphatic carbocycles. The van der Waals surface area contributed by atoms with Gasteiger partial charge in [0.25, 0.3) is 10.0 Å². The molecular weight excluding hydrogens is 304 g/mol. The number of carbonyl (C=O) groups is 1. The van der Waals surface area contributed by atoms with Gasteiger partial charge in [-0.2, -0.15) is 0 Å². The van der Waals surface area contributed by atoms with Crippen molar-refractivity contribution < 1.29 is 18.3 Å². The molecule has 0 bridgehead atoms. The minimum absolute atomic E-state index is 0.0737. The Morgan fingerprint density at radius 3 is 2.36 bits per heavy atom. The minimum atomic E-state index is -4.03. The van der Waals surface area contributed by atoms with Crippen molar-refractivity contribution in [1.82, 2.24) is 4.98 Å². The molecule has 0 saturated heterocycles. The van der Waals surface area contributed by atoms with E-state index in [0.29, 0.717) is 0 Å². The van der Waals surface area contributed by atoms with Crippen LogP contribution in [0, 0.1) is 13.8 Å². The van der Waals surface area contributed by atoms with Crippen molar-refractivity contribution in [1.29, 1.82) is 0 Å². The van der Waals surface area contributed by atoms with Gasteiger partial charge in [0.15, 0.2) is 0 Å². The minimum Gasteiger partial charge on any atom is -0.548 e. The summed E-state index contributed by atoms with van der Waals surface area (Å²) in [5.74, 6) is -1.48. The van der Waals surface area contributed by atoms with E-state index in [-0.39, 0.29) is 10.6 Å². The molecule has 0 spiro atoms. The second kappa shape index (κ2) is 6.15. The molecule has 0 radical (unpaired) electrons. The van der Waals surface area contributed by atoms with E-state index in [1.165, 1.54) is 24.5 Å². The molecule has 0 atom stereocenters. The highest BCUT2D eigenvalue weighted by Gasteiger charge is 2.25. The van der Waals surface area contributed by atoms with Gasteiger partial charge in [0.1, 0.15) is 4.90 Å². The number of benzene rings is 1. The Kier molecular flexibility index (Phi) is 4.46. The van der Waals surface area contributed by atoms with Crippen molar-refractivity contribution in [2.45, 2.75) is 18.7 Å². The normalized spacial score (nSPS) is 11.2. The van der Waals surface area contributed by atoms with Crippen LogP contribution in [-0.2, 0) is 14.8 Å². The van der Waals surface area contributed by atoms with Crippen LogP contribution < -0.4 is 9.41 Å². The summed E-state index contributed by atoms with van der Waals surface area (Å²) < 4.78 is 26.2. The maximum Gasteiger partial charge on any atom is 0.266 e. The van der Waals surface area contributed by atoms with Crippen LogP contribution in [0.2, 0.25) is 0 Å². The average Bonchev–Trinajstić information content (AvgIpc) is 2.44. The second-order valence-electron chi connectivity index (χ2n) is 4.92. The molecule has 116 valence electrons. The van der Waals surface area contributed by atoms with Gasteiger partial charge in [-0.25, -0.2) is 8.42 Å². The summed E-state index contributed by atoms with van der Waals surface area (Å²) >= 11 is 0. The first-order chi connectivity index (χ1) is 10.3. The van der Waals surface area contributed by atoms with Crippen molar-refractivity contribution in [2.75, 3.05) is 10.8 Å². The number of rotatable bonds is 5. The Balaban J connectivity index is 2.58. The number of carbonyl (C=O) groups excluding carboxylic acids is 1. The van der Waals surface area contributed by atoms with Gasteiger partial charge in [-0.3, -0.25) is 9.29 Å². The van der Waals surface area contributed by atoms with E-state index in [2.05, 4.69) is 4.98 Å². The van der Waals surface area contributed by atoms with Gasteiger partial charge in [0.05, 0.1) is 18.2 Å². The third-order valence-corrected chi connectivity index (χ3v) is 4.75. The largest absolute Gasteiger partial charge is 0.548 e. The summed E-state index contributed by atoms with van der Waals surface area (Å²) in [7, 11) is -4.03. The number of pyridine rings is 1. The summed E-state index contributed by atoms with van der Waals surface area (Å²) in [4.78, 5) is 14.7. The van der Waals surface area contributed by atoms with Crippen molar-refractivity contribution >= 4 is 21.7 Å². The summed E-state index contributed by atoms with van der Waals surface area (Å²) in [5.41, 5.74) is 1.95. The third-order valence-electron chi connectivity index (χ3n) is 2.99. The van der Waals surface area contributed by atoms with E-state index in [4.69, 9.17) is 0 Å². The molecule has 0 aliphatic heterocycles. The highest BCUT2D eigenvalue weighted by Crippen LogP contribution is 2.25. The first kappa shape index (κ1) is 16.0. The van der Waals surface area contributed by atoms with Crippen LogP contribution in [0.15, 0.2) is 47.6 Å². The zero-order valence-corrected chi connectivity index (χ0v) is 13.0. The van der Waals surface area contributed by atoms with Gasteiger partial charge in [-0.1, -0.05) is 6.07 Å². The lowest BCUT2D eigenvalue weighted by atomic mass is 10.1. The lowest BCUT2D eigenvalue weighted by molar-refractivity contribution is -0.303. The molecule has 0 fully saturated rings. The highest BCUT2D eigenvalue weighted by molar-refractivity contribution is 7.92. The molecule has 7 heteroatoms. The highest BCUT2D eigenvalue weighted by atomic mass is 32.2. The van der Waals surface area contributed by atoms with Crippen molar-refractivity contribution in [3.05, 3.63) is 53.9 Å². The van der Waals surface area contributed by atoms with E-state index in [9.17, 15) is 18.3 Å². The van der Waals surface area contributed by atoms with E-state index >= 15 is 0 Å². The van der Waals surface area contributed by atoms with E-state index in [1.54, 1.807) is 12.1 Å². The average molecular weight is 319 g/mol. The van der Waals surface area contributed by atoms with Crippen LogP contribution in [0.4, 0.5) is 5.69 Å². The molecule has 2 rings (SSSR count). The van der Waals surface area contributed by atoms with Crippen LogP contribution >= 0.6 is 0 Å². The maximum atomic E-state index is 12.7. The smallest absolute Gasteiger partial charge is 0.266 e. The van der Waals surface area contributed by atoms with E-state index in [1.807, 2.05) is 19.9 Å². The lowest BCUT2D eigenvalue weighted by Gasteiger charge is -2.25. The fourth-order valence-electron chi connectivity index (χ4n) is 2.15. The fraction of sp³-hybridized carbons (Fsp3) is 0.200. The van der Waals surface area contributed by atoms with Gasteiger partial charge in [-0.15, -0.1) is 0 Å². The molecule has 1 aromatic heterocycles. The Labute approximate surface area is 129 Å². The number of carboxylic acid groups (broad SMARTS) is 1. The summed E-state index contributed by atoms with van der Waals surface area (Å²) in [5, 5.41) is 11.0. The molecule has 0 amide bonds. The zero-order valence-electron chi connectivity index (χ0n) is 12.2. The SMILES string of the molecule is Cc1cc(C)cc(N(CC(=O)[O-])S(=O)(=O)c2cccnc2)c1. The number of hydrogen-bond acceptors (Lipinski definition) is 5. The Morgan fingerprint density at radius 1 is 1.23 bits per heavy atom. The topological polar surface area (TPSA) is 90.4 Å². The number of sulfonamides is 1. The monoisotopic (exact) mass is 319 g/mol. The predicted octanol–water partition coefficient (Wildman–Crippen LogP) is 0.644. The number of hydrogen-bond donors (Lipinski definition) is 0. The number of nitrogens with zero attached hydrogens (tertiary/aromatic N) is 2. The molecule has 0 unspecified atom stereocenters. The standard InChI is InChI=1S/C15H16N2O4S/c1-11-6-12(2)8-13(7-11)17(10-15(18)19)22(20,21)14-4-3-5-16-9-14/h3-9H,10H2,1-2H3,(H,18,19)/p-1. The second-order valence-corrected chi connectivity index (χ2v) is 6.78. The molecule has 0 N–H and O–H groups in total. The Morgan fingerprint density at radius 2 is 1.86 bits per heavy atom. The third kappa shape index (κ3) is 3.43. The summed E-state index contributed by atoms with van der Waals surface area (Å²) in [6, 6.07) is 7.95. The van der Waals surface area contributed by atoms with Crippen molar-refractivity contribution in [3.8, 4) is 0 Å². The van der Waals surface area contributed by atoms with E-state index < -0.39 is 22.5 Å². The molecule has 1 aromatic carbocycles. The number of anilines is 1. The van der Waals surface area contributed by atoms with Crippen LogP contribution in [0.5, 0.6) is 0 Å². The van der Waals surface area contributed by atoms with Crippen LogP contribution in [0.3, 0.4) is 0 Å². The van der Waals surface area contributed by atoms with Gasteiger partial charge < -0.3 is 9.90 Å². The van der Waals surface area contributed by atoms with Gasteiger partial charge in [0.2, 0.25) is 0 Å². The van der Waals surface area contributed by atoms with Crippen molar-refractivity contribution in [3.63, 3.8) is 0 Å². The molecule has 0 aliphatic rings. The molecular formula is C15H15N2O4S-. The van der Waals surface area contributed by atoms with E-state index in [0.717, 1.165) is 15.4 Å².